The third-order valence-electron chi connectivity index (χ3n) is 3.06. The summed E-state index contributed by atoms with van der Waals surface area (Å²) in [5.74, 6) is 0. The van der Waals surface area contributed by atoms with Gasteiger partial charge in [-0.3, -0.25) is 4.39 Å². The van der Waals surface area contributed by atoms with E-state index in [4.69, 9.17) is 4.74 Å². The summed E-state index contributed by atoms with van der Waals surface area (Å²) in [5, 5.41) is 2.61. The van der Waals surface area contributed by atoms with Gasteiger partial charge in [0.1, 0.15) is 6.61 Å². The number of ether oxygens (including phenoxy) is 1. The third-order valence-corrected chi connectivity index (χ3v) is 3.06. The number of carbonyl (C=O) groups is 1. The molecule has 0 spiro atoms. The van der Waals surface area contributed by atoms with Gasteiger partial charge in [-0.25, -0.2) is 4.79 Å². The molecule has 0 saturated heterocycles. The van der Waals surface area contributed by atoms with E-state index in [9.17, 15) is 9.18 Å². The van der Waals surface area contributed by atoms with Crippen molar-refractivity contribution in [1.82, 2.24) is 5.32 Å². The van der Waals surface area contributed by atoms with Crippen LogP contribution >= 0.6 is 0 Å². The maximum absolute atomic E-state index is 12.5. The maximum Gasteiger partial charge on any atom is 0.407 e. The number of alkyl carbamates (subject to hydrolysis) is 1. The average Bonchev–Trinajstić information content (AvgIpc) is 3.16. The van der Waals surface area contributed by atoms with Crippen LogP contribution in [0.1, 0.15) is 18.4 Å². The molecule has 0 aromatic heterocycles. The van der Waals surface area contributed by atoms with E-state index in [0.717, 1.165) is 18.4 Å². The molecule has 1 aromatic rings. The summed E-state index contributed by atoms with van der Waals surface area (Å²) in [6, 6.07) is 9.45. The Balaban J connectivity index is 1.68. The van der Waals surface area contributed by atoms with Gasteiger partial charge in [0.05, 0.1) is 6.67 Å². The standard InChI is InChI=1S/C13H16FNO2/c14-9-13(6-7-13)10-15-12(16)17-8-11-4-2-1-3-5-11/h1-5H,6-10H2,(H,15,16). The van der Waals surface area contributed by atoms with Crippen LogP contribution < -0.4 is 5.32 Å². The molecule has 1 saturated carbocycles. The first-order chi connectivity index (χ1) is 8.24. The lowest BCUT2D eigenvalue weighted by Crippen LogP contribution is -2.31. The van der Waals surface area contributed by atoms with Crippen LogP contribution in [-0.2, 0) is 11.3 Å². The first-order valence-corrected chi connectivity index (χ1v) is 5.75. The number of rotatable bonds is 5. The highest BCUT2D eigenvalue weighted by atomic mass is 19.1. The zero-order valence-corrected chi connectivity index (χ0v) is 9.62. The number of nitrogens with one attached hydrogen (secondary N) is 1. The molecule has 0 unspecified atom stereocenters. The largest absolute Gasteiger partial charge is 0.445 e. The molecular weight excluding hydrogens is 221 g/mol. The Morgan fingerprint density at radius 3 is 2.65 bits per heavy atom. The Morgan fingerprint density at radius 2 is 2.06 bits per heavy atom. The minimum Gasteiger partial charge on any atom is -0.445 e. The SMILES string of the molecule is O=C(NCC1(CF)CC1)OCc1ccccc1. The van der Waals surface area contributed by atoms with Crippen LogP contribution in [0.25, 0.3) is 0 Å². The van der Waals surface area contributed by atoms with Crippen LogP contribution in [0.15, 0.2) is 30.3 Å². The van der Waals surface area contributed by atoms with Crippen molar-refractivity contribution in [2.45, 2.75) is 19.4 Å². The van der Waals surface area contributed by atoms with Crippen molar-refractivity contribution in [1.29, 1.82) is 0 Å². The summed E-state index contributed by atoms with van der Waals surface area (Å²) in [6.07, 6.45) is 1.22. The van der Waals surface area contributed by atoms with Gasteiger partial charge in [-0.2, -0.15) is 0 Å². The second-order valence-electron chi connectivity index (χ2n) is 4.55. The molecule has 0 heterocycles. The fourth-order valence-electron chi connectivity index (χ4n) is 1.57. The number of amides is 1. The van der Waals surface area contributed by atoms with E-state index in [1.54, 1.807) is 0 Å². The molecule has 0 atom stereocenters. The highest BCUT2D eigenvalue weighted by molar-refractivity contribution is 5.67. The zero-order valence-electron chi connectivity index (χ0n) is 9.62. The van der Waals surface area contributed by atoms with Gasteiger partial charge in [0.25, 0.3) is 0 Å². The molecule has 4 heteroatoms. The predicted octanol–water partition coefficient (Wildman–Crippen LogP) is 2.66. The fraction of sp³-hybridized carbons (Fsp3) is 0.462. The Morgan fingerprint density at radius 1 is 1.35 bits per heavy atom. The number of carbonyl (C=O) groups excluding carboxylic acids is 1. The number of hydrogen-bond donors (Lipinski definition) is 1. The predicted molar refractivity (Wildman–Crippen MR) is 62.3 cm³/mol. The molecule has 1 aliphatic rings. The monoisotopic (exact) mass is 237 g/mol. The van der Waals surface area contributed by atoms with E-state index in [-0.39, 0.29) is 18.7 Å². The second kappa shape index (κ2) is 5.17. The van der Waals surface area contributed by atoms with E-state index in [2.05, 4.69) is 5.32 Å². The van der Waals surface area contributed by atoms with E-state index in [1.165, 1.54) is 0 Å². The van der Waals surface area contributed by atoms with Gasteiger partial charge < -0.3 is 10.1 Å². The summed E-state index contributed by atoms with van der Waals surface area (Å²) in [5.41, 5.74) is 0.639. The van der Waals surface area contributed by atoms with Crippen LogP contribution in [-0.4, -0.2) is 19.3 Å². The molecular formula is C13H16FNO2. The van der Waals surface area contributed by atoms with Crippen LogP contribution in [0.3, 0.4) is 0 Å². The topological polar surface area (TPSA) is 38.3 Å². The maximum atomic E-state index is 12.5. The smallest absolute Gasteiger partial charge is 0.407 e. The summed E-state index contributed by atoms with van der Waals surface area (Å²) in [7, 11) is 0. The van der Waals surface area contributed by atoms with Gasteiger partial charge in [0, 0.05) is 12.0 Å². The molecule has 1 aliphatic carbocycles. The van der Waals surface area contributed by atoms with Crippen molar-refractivity contribution in [2.75, 3.05) is 13.2 Å². The Labute approximate surface area is 100.0 Å². The fourth-order valence-corrected chi connectivity index (χ4v) is 1.57. The Hall–Kier alpha value is -1.58. The molecule has 92 valence electrons. The lowest BCUT2D eigenvalue weighted by Gasteiger charge is -2.11. The summed E-state index contributed by atoms with van der Waals surface area (Å²) in [6.45, 7) is 0.248. The molecule has 0 aliphatic heterocycles. The van der Waals surface area contributed by atoms with Crippen molar-refractivity contribution in [3.63, 3.8) is 0 Å². The van der Waals surface area contributed by atoms with Crippen molar-refractivity contribution < 1.29 is 13.9 Å². The lowest BCUT2D eigenvalue weighted by molar-refractivity contribution is 0.136. The first kappa shape index (κ1) is 11.9. The average molecular weight is 237 g/mol. The van der Waals surface area contributed by atoms with Crippen LogP contribution in [0, 0.1) is 5.41 Å². The summed E-state index contributed by atoms with van der Waals surface area (Å²) < 4.78 is 17.6. The first-order valence-electron chi connectivity index (χ1n) is 5.75. The van der Waals surface area contributed by atoms with Gasteiger partial charge in [-0.15, -0.1) is 0 Å². The van der Waals surface area contributed by atoms with E-state index >= 15 is 0 Å². The highest BCUT2D eigenvalue weighted by Gasteiger charge is 2.43. The summed E-state index contributed by atoms with van der Waals surface area (Å²) >= 11 is 0. The van der Waals surface area contributed by atoms with Crippen LogP contribution in [0.5, 0.6) is 0 Å². The van der Waals surface area contributed by atoms with E-state index in [1.807, 2.05) is 30.3 Å². The molecule has 17 heavy (non-hydrogen) atoms. The number of benzene rings is 1. The van der Waals surface area contributed by atoms with Crippen molar-refractivity contribution >= 4 is 6.09 Å². The number of hydrogen-bond acceptors (Lipinski definition) is 2. The lowest BCUT2D eigenvalue weighted by atomic mass is 10.1. The number of alkyl halides is 1. The molecule has 1 aromatic carbocycles. The third kappa shape index (κ3) is 3.44. The molecule has 1 fully saturated rings. The van der Waals surface area contributed by atoms with Gasteiger partial charge >= 0.3 is 6.09 Å². The second-order valence-corrected chi connectivity index (χ2v) is 4.55. The Kier molecular flexibility index (Phi) is 3.61. The quantitative estimate of drug-likeness (QED) is 0.855. The Bertz CT molecular complexity index is 376. The van der Waals surface area contributed by atoms with Gasteiger partial charge in [0.15, 0.2) is 0 Å². The molecule has 1 N–H and O–H groups in total. The van der Waals surface area contributed by atoms with Crippen molar-refractivity contribution in [3.05, 3.63) is 35.9 Å². The van der Waals surface area contributed by atoms with Gasteiger partial charge in [0.2, 0.25) is 0 Å². The minimum absolute atomic E-state index is 0.245. The zero-order chi connectivity index (χ0) is 12.1. The van der Waals surface area contributed by atoms with E-state index < -0.39 is 6.09 Å². The van der Waals surface area contributed by atoms with Gasteiger partial charge in [-0.05, 0) is 18.4 Å². The minimum atomic E-state index is -0.478. The molecule has 1 amide bonds. The molecule has 0 radical (unpaired) electrons. The van der Waals surface area contributed by atoms with Gasteiger partial charge in [-0.1, -0.05) is 30.3 Å². The van der Waals surface area contributed by atoms with Crippen LogP contribution in [0.4, 0.5) is 9.18 Å². The van der Waals surface area contributed by atoms with Crippen molar-refractivity contribution in [2.24, 2.45) is 5.41 Å². The van der Waals surface area contributed by atoms with Crippen LogP contribution in [0.2, 0.25) is 0 Å². The molecule has 3 nitrogen and oxygen atoms in total. The molecule has 0 bridgehead atoms. The summed E-state index contributed by atoms with van der Waals surface area (Å²) in [4.78, 5) is 11.4. The number of halogens is 1. The normalized spacial score (nSPS) is 16.3. The van der Waals surface area contributed by atoms with Crippen molar-refractivity contribution in [3.8, 4) is 0 Å². The molecule has 2 rings (SSSR count). The highest BCUT2D eigenvalue weighted by Crippen LogP contribution is 2.45. The van der Waals surface area contributed by atoms with E-state index in [0.29, 0.717) is 6.54 Å².